The zero-order chi connectivity index (χ0) is 22.1. The molecule has 0 radical (unpaired) electrons. The molecule has 2 N–H and O–H groups in total. The fraction of sp³-hybridized carbons (Fsp3) is 0.619. The summed E-state index contributed by atoms with van der Waals surface area (Å²) in [5, 5.41) is 5.62. The van der Waals surface area contributed by atoms with E-state index in [9.17, 15) is 18.0 Å². The van der Waals surface area contributed by atoms with E-state index in [1.54, 1.807) is 0 Å². The van der Waals surface area contributed by atoms with E-state index in [0.717, 1.165) is 43.0 Å². The lowest BCUT2D eigenvalue weighted by molar-refractivity contribution is -0.163. The van der Waals surface area contributed by atoms with Crippen LogP contribution in [0.2, 0.25) is 0 Å². The zero-order valence-electron chi connectivity index (χ0n) is 17.8. The first-order chi connectivity index (χ1) is 14.8. The molecule has 9 nitrogen and oxygen atoms in total. The Bertz CT molecular complexity index is 953. The predicted octanol–water partition coefficient (Wildman–Crippen LogP) is -0.672. The van der Waals surface area contributed by atoms with Crippen LogP contribution < -0.4 is 10.6 Å². The maximum atomic E-state index is 12.9. The van der Waals surface area contributed by atoms with Crippen molar-refractivity contribution >= 4 is 21.8 Å². The van der Waals surface area contributed by atoms with Gasteiger partial charge in [0.05, 0.1) is 25.3 Å². The Balaban J connectivity index is 1.32. The highest BCUT2D eigenvalue weighted by Crippen LogP contribution is 2.34. The summed E-state index contributed by atoms with van der Waals surface area (Å²) in [5.74, 6) is -1.63. The molecule has 1 aromatic carbocycles. The number of ether oxygens (including phenoxy) is 1. The van der Waals surface area contributed by atoms with Crippen LogP contribution in [0.4, 0.5) is 0 Å². The number of carbonyl (C=O) groups excluding carboxylic acids is 2. The van der Waals surface area contributed by atoms with Crippen LogP contribution in [0.5, 0.6) is 0 Å². The molecule has 1 spiro atoms. The summed E-state index contributed by atoms with van der Waals surface area (Å²) in [4.78, 5) is 27.9. The number of nitrogens with zero attached hydrogens (tertiary/aromatic N) is 2. The molecule has 2 amide bonds. The molecule has 10 heteroatoms. The van der Waals surface area contributed by atoms with E-state index in [4.69, 9.17) is 4.74 Å². The minimum Gasteiger partial charge on any atom is -0.361 e. The topological polar surface area (TPSA) is 108 Å². The molecule has 2 atom stereocenters. The Kier molecular flexibility index (Phi) is 6.34. The summed E-state index contributed by atoms with van der Waals surface area (Å²) in [5.41, 5.74) is 1.30. The first-order valence-corrected chi connectivity index (χ1v) is 12.6. The van der Waals surface area contributed by atoms with Gasteiger partial charge in [0.25, 0.3) is 5.91 Å². The molecule has 2 fully saturated rings. The maximum Gasteiger partial charge on any atom is 0.254 e. The van der Waals surface area contributed by atoms with Crippen LogP contribution in [0.3, 0.4) is 0 Å². The van der Waals surface area contributed by atoms with Gasteiger partial charge in [0, 0.05) is 39.3 Å². The number of carbonyl (C=O) groups is 2. The molecule has 3 heterocycles. The standard InChI is InChI=1S/C21H30N4O5S/c1-31(28,29)25-14-18(21(15-25)20(27)23-9-12-30-21)19(26)22-8-4-10-24-11-7-16-5-2-3-6-17(16)13-24/h2-3,5-6,18H,4,7-15H2,1H3,(H,22,26)(H,23,27)/t18-,21-/m1/s1. The summed E-state index contributed by atoms with van der Waals surface area (Å²) < 4.78 is 31.0. The number of benzene rings is 1. The van der Waals surface area contributed by atoms with E-state index >= 15 is 0 Å². The van der Waals surface area contributed by atoms with Gasteiger partial charge in [-0.15, -0.1) is 0 Å². The molecule has 0 aromatic heterocycles. The number of morpholine rings is 1. The third kappa shape index (κ3) is 4.62. The molecule has 2 saturated heterocycles. The summed E-state index contributed by atoms with van der Waals surface area (Å²) in [6, 6.07) is 8.46. The number of fused-ring (bicyclic) bond motifs is 1. The van der Waals surface area contributed by atoms with Gasteiger partial charge in [-0.05, 0) is 24.0 Å². The Morgan fingerprint density at radius 3 is 2.84 bits per heavy atom. The Morgan fingerprint density at radius 2 is 2.10 bits per heavy atom. The van der Waals surface area contributed by atoms with Crippen molar-refractivity contribution in [2.75, 3.05) is 52.1 Å². The second-order valence-corrected chi connectivity index (χ2v) is 10.5. The van der Waals surface area contributed by atoms with Crippen molar-refractivity contribution in [3.8, 4) is 0 Å². The van der Waals surface area contributed by atoms with Gasteiger partial charge < -0.3 is 15.4 Å². The summed E-state index contributed by atoms with van der Waals surface area (Å²) >= 11 is 0. The van der Waals surface area contributed by atoms with Crippen molar-refractivity contribution < 1.29 is 22.7 Å². The van der Waals surface area contributed by atoms with E-state index in [2.05, 4.69) is 39.8 Å². The predicted molar refractivity (Wildman–Crippen MR) is 115 cm³/mol. The molecule has 3 aliphatic rings. The summed E-state index contributed by atoms with van der Waals surface area (Å²) in [6.07, 6.45) is 2.88. The van der Waals surface area contributed by atoms with Gasteiger partial charge in [-0.2, -0.15) is 4.31 Å². The first-order valence-electron chi connectivity index (χ1n) is 10.7. The van der Waals surface area contributed by atoms with Crippen LogP contribution in [0.1, 0.15) is 17.5 Å². The fourth-order valence-corrected chi connectivity index (χ4v) is 5.55. The number of rotatable bonds is 6. The molecule has 0 saturated carbocycles. The molecule has 4 rings (SSSR count). The third-order valence-electron chi connectivity index (χ3n) is 6.44. The highest BCUT2D eigenvalue weighted by Gasteiger charge is 2.59. The van der Waals surface area contributed by atoms with Gasteiger partial charge >= 0.3 is 0 Å². The van der Waals surface area contributed by atoms with E-state index in [1.165, 1.54) is 11.1 Å². The van der Waals surface area contributed by atoms with Crippen LogP contribution in [0.15, 0.2) is 24.3 Å². The maximum absolute atomic E-state index is 12.9. The average molecular weight is 451 g/mol. The van der Waals surface area contributed by atoms with Gasteiger partial charge in [0.2, 0.25) is 15.9 Å². The van der Waals surface area contributed by atoms with Crippen LogP contribution in [0.25, 0.3) is 0 Å². The van der Waals surface area contributed by atoms with E-state index in [1.807, 2.05) is 0 Å². The number of sulfonamides is 1. The van der Waals surface area contributed by atoms with Gasteiger partial charge in [-0.3, -0.25) is 14.5 Å². The quantitative estimate of drug-likeness (QED) is 0.557. The second kappa shape index (κ2) is 8.85. The highest BCUT2D eigenvalue weighted by molar-refractivity contribution is 7.88. The van der Waals surface area contributed by atoms with Crippen molar-refractivity contribution in [2.24, 2.45) is 5.92 Å². The largest absolute Gasteiger partial charge is 0.361 e. The van der Waals surface area contributed by atoms with Crippen molar-refractivity contribution in [2.45, 2.75) is 25.0 Å². The highest BCUT2D eigenvalue weighted by atomic mass is 32.2. The van der Waals surface area contributed by atoms with Crippen LogP contribution >= 0.6 is 0 Å². The summed E-state index contributed by atoms with van der Waals surface area (Å²) in [7, 11) is -3.55. The molecule has 0 bridgehead atoms. The SMILES string of the molecule is CS(=O)(=O)N1C[C@H](C(=O)NCCCN2CCc3ccccc3C2)[C@@]2(C1)OCCNC2=O. The fourth-order valence-electron chi connectivity index (χ4n) is 4.71. The van der Waals surface area contributed by atoms with Gasteiger partial charge in [0.15, 0.2) is 5.60 Å². The van der Waals surface area contributed by atoms with E-state index < -0.39 is 27.4 Å². The van der Waals surface area contributed by atoms with Gasteiger partial charge in [-0.25, -0.2) is 8.42 Å². The minimum absolute atomic E-state index is 0.0546. The Labute approximate surface area is 183 Å². The van der Waals surface area contributed by atoms with Gasteiger partial charge in [0.1, 0.15) is 0 Å². The normalized spacial score (nSPS) is 27.1. The Hall–Kier alpha value is -2.01. The summed E-state index contributed by atoms with van der Waals surface area (Å²) in [6.45, 7) is 3.64. The van der Waals surface area contributed by atoms with Crippen molar-refractivity contribution in [3.63, 3.8) is 0 Å². The lowest BCUT2D eigenvalue weighted by Gasteiger charge is -2.36. The van der Waals surface area contributed by atoms with E-state index in [-0.39, 0.29) is 25.6 Å². The van der Waals surface area contributed by atoms with Gasteiger partial charge in [-0.1, -0.05) is 24.3 Å². The number of hydrogen-bond donors (Lipinski definition) is 2. The van der Waals surface area contributed by atoms with Crippen LogP contribution in [-0.4, -0.2) is 87.2 Å². The smallest absolute Gasteiger partial charge is 0.254 e. The molecule has 170 valence electrons. The van der Waals surface area contributed by atoms with E-state index in [0.29, 0.717) is 13.1 Å². The monoisotopic (exact) mass is 450 g/mol. The molecule has 3 aliphatic heterocycles. The number of amides is 2. The number of hydrogen-bond acceptors (Lipinski definition) is 6. The van der Waals surface area contributed by atoms with Crippen LogP contribution in [0, 0.1) is 5.92 Å². The average Bonchev–Trinajstić information content (AvgIpc) is 3.14. The van der Waals surface area contributed by atoms with Crippen LogP contribution in [-0.2, 0) is 37.3 Å². The number of nitrogens with one attached hydrogen (secondary N) is 2. The zero-order valence-corrected chi connectivity index (χ0v) is 18.6. The Morgan fingerprint density at radius 1 is 1.32 bits per heavy atom. The first kappa shape index (κ1) is 22.2. The molecule has 31 heavy (non-hydrogen) atoms. The second-order valence-electron chi connectivity index (χ2n) is 8.54. The molecular formula is C21H30N4O5S. The molecular weight excluding hydrogens is 420 g/mol. The molecule has 1 aromatic rings. The third-order valence-corrected chi connectivity index (χ3v) is 7.65. The van der Waals surface area contributed by atoms with Crippen molar-refractivity contribution in [3.05, 3.63) is 35.4 Å². The lowest BCUT2D eigenvalue weighted by Crippen LogP contribution is -2.62. The molecule has 0 aliphatic carbocycles. The van der Waals surface area contributed by atoms with Crippen molar-refractivity contribution in [1.82, 2.24) is 19.8 Å². The van der Waals surface area contributed by atoms with Crippen molar-refractivity contribution in [1.29, 1.82) is 0 Å². The minimum atomic E-state index is -3.55. The lowest BCUT2D eigenvalue weighted by atomic mass is 9.87. The molecule has 0 unspecified atom stereocenters.